The second-order valence-electron chi connectivity index (χ2n) is 12.8. The Hall–Kier alpha value is -3.34. The van der Waals surface area contributed by atoms with Crippen LogP contribution in [0.25, 0.3) is 44.0 Å². The number of aromatic nitrogens is 3. The molecule has 41 heavy (non-hydrogen) atoms. The van der Waals surface area contributed by atoms with Crippen LogP contribution in [0.2, 0.25) is 0 Å². The van der Waals surface area contributed by atoms with Crippen LogP contribution in [0.1, 0.15) is 66.9 Å². The minimum Gasteiger partial charge on any atom is -0.512 e. The molecule has 0 saturated carbocycles. The number of hydrogen-bond donors (Lipinski definition) is 1. The molecule has 0 spiro atoms. The van der Waals surface area contributed by atoms with Crippen LogP contribution in [0.4, 0.5) is 0 Å². The van der Waals surface area contributed by atoms with Gasteiger partial charge in [0, 0.05) is 66.0 Å². The predicted octanol–water partition coefficient (Wildman–Crippen LogP) is 8.95. The van der Waals surface area contributed by atoms with E-state index in [4.69, 9.17) is 0 Å². The van der Waals surface area contributed by atoms with Crippen LogP contribution in [0.3, 0.4) is 0 Å². The maximum atomic E-state index is 11.5. The molecule has 6 heteroatoms. The monoisotopic (exact) mass is 727 g/mol. The largest absolute Gasteiger partial charge is 0.512 e. The van der Waals surface area contributed by atoms with E-state index in [0.717, 1.165) is 22.3 Å². The summed E-state index contributed by atoms with van der Waals surface area (Å²) in [6, 6.07) is 22.8. The second kappa shape index (κ2) is 12.3. The van der Waals surface area contributed by atoms with Crippen molar-refractivity contribution in [1.82, 2.24) is 14.5 Å². The molecule has 0 amide bonds. The number of hydrogen-bond acceptors (Lipinski definition) is 4. The van der Waals surface area contributed by atoms with Crippen LogP contribution in [-0.4, -0.2) is 25.4 Å². The Labute approximate surface area is 257 Å². The van der Waals surface area contributed by atoms with E-state index in [1.54, 1.807) is 6.33 Å². The quantitative estimate of drug-likeness (QED) is 0.115. The summed E-state index contributed by atoms with van der Waals surface area (Å²) < 4.78 is 2.16. The van der Waals surface area contributed by atoms with E-state index >= 15 is 0 Å². The molecule has 0 bridgehead atoms. The summed E-state index contributed by atoms with van der Waals surface area (Å²) in [6.45, 7) is 15.5. The summed E-state index contributed by atoms with van der Waals surface area (Å²) in [5, 5.41) is 14.3. The number of ketones is 1. The minimum atomic E-state index is -0.417. The first-order chi connectivity index (χ1) is 18.7. The Morgan fingerprint density at radius 1 is 0.951 bits per heavy atom. The Bertz CT molecular complexity index is 1720. The fourth-order valence-electron chi connectivity index (χ4n) is 4.40. The molecule has 0 atom stereocenters. The molecule has 0 unspecified atom stereocenters. The Morgan fingerprint density at radius 3 is 2.12 bits per heavy atom. The smallest absolute Gasteiger partial charge is 0.164 e. The molecule has 0 aliphatic carbocycles. The summed E-state index contributed by atoms with van der Waals surface area (Å²) in [4.78, 5) is 20.7. The van der Waals surface area contributed by atoms with Crippen molar-refractivity contribution in [2.45, 2.75) is 61.3 Å². The average Bonchev–Trinajstić information content (AvgIpc) is 3.18. The van der Waals surface area contributed by atoms with E-state index in [9.17, 15) is 9.90 Å². The average molecular weight is 727 g/mol. The molecule has 5 nitrogen and oxygen atoms in total. The molecule has 0 aliphatic rings. The Balaban J connectivity index is 0.000000284. The Morgan fingerprint density at radius 2 is 1.59 bits per heavy atom. The number of carbonyl (C=O) groups is 1. The van der Waals surface area contributed by atoms with Gasteiger partial charge in [-0.3, -0.25) is 9.78 Å². The van der Waals surface area contributed by atoms with Gasteiger partial charge < -0.3 is 9.67 Å². The van der Waals surface area contributed by atoms with E-state index < -0.39 is 5.41 Å². The molecule has 0 saturated heterocycles. The third-order valence-corrected chi connectivity index (χ3v) is 7.17. The number of rotatable bonds is 3. The van der Waals surface area contributed by atoms with E-state index in [-0.39, 0.29) is 37.1 Å². The van der Waals surface area contributed by atoms with Crippen molar-refractivity contribution < 1.29 is 30.0 Å². The third-order valence-electron chi connectivity index (χ3n) is 7.17. The zero-order valence-electron chi connectivity index (χ0n) is 25.5. The normalized spacial score (nSPS) is 12.4. The number of allylic oxidation sites excluding steroid dienone is 2. The number of carbonyl (C=O) groups excluding carboxylic acids is 1. The zero-order valence-corrected chi connectivity index (χ0v) is 27.9. The molecule has 1 radical (unpaired) electrons. The fraction of sp³-hybridized carbons (Fsp3) is 0.343. The maximum Gasteiger partial charge on any atom is 0.164 e. The summed E-state index contributed by atoms with van der Waals surface area (Å²) in [6.07, 6.45) is 2.99. The third kappa shape index (κ3) is 6.94. The Kier molecular flexibility index (Phi) is 9.62. The number of nitrogens with zero attached hydrogens (tertiary/aromatic N) is 3. The van der Waals surface area contributed by atoms with Crippen molar-refractivity contribution in [2.75, 3.05) is 0 Å². The molecule has 3 aromatic carbocycles. The minimum absolute atomic E-state index is 0. The van der Waals surface area contributed by atoms with E-state index in [1.165, 1.54) is 33.3 Å². The molecule has 217 valence electrons. The van der Waals surface area contributed by atoms with Gasteiger partial charge in [0.2, 0.25) is 0 Å². The number of aliphatic hydroxyl groups excluding tert-OH is 1. The van der Waals surface area contributed by atoms with Crippen LogP contribution in [-0.2, 0) is 31.9 Å². The standard InChI is InChI=1S/C24H20N3.C11H20O2.Ir/c1-15(2)16-8-10-17(11-9-16)23-22-20-12-18-6-4-5-7-19(18)13-21(20)27(3)24(22)26-14-25-23;1-10(2,3)8(12)7-9(13)11(4,5)6;/h4-10,12-15H,1-3H3;7,12H,1-6H3;/q-1;;/b;8-7-;. The van der Waals surface area contributed by atoms with Gasteiger partial charge in [0.15, 0.2) is 5.78 Å². The number of benzene rings is 3. The fourth-order valence-corrected chi connectivity index (χ4v) is 4.40. The van der Waals surface area contributed by atoms with Crippen molar-refractivity contribution in [2.24, 2.45) is 17.9 Å². The van der Waals surface area contributed by atoms with Crippen LogP contribution >= 0.6 is 0 Å². The first-order valence-corrected chi connectivity index (χ1v) is 13.8. The van der Waals surface area contributed by atoms with Crippen molar-refractivity contribution in [3.05, 3.63) is 84.4 Å². The number of aliphatic hydroxyl groups is 1. The molecule has 0 aliphatic heterocycles. The van der Waals surface area contributed by atoms with E-state index in [1.807, 2.05) is 41.5 Å². The van der Waals surface area contributed by atoms with Crippen LogP contribution in [0.5, 0.6) is 0 Å². The zero-order chi connectivity index (χ0) is 29.4. The van der Waals surface area contributed by atoms with Crippen molar-refractivity contribution in [3.8, 4) is 11.3 Å². The molecule has 1 N–H and O–H groups in total. The molecule has 5 rings (SSSR count). The van der Waals surface area contributed by atoms with Gasteiger partial charge in [-0.2, -0.15) is 0 Å². The van der Waals surface area contributed by atoms with Gasteiger partial charge in [0.25, 0.3) is 0 Å². The van der Waals surface area contributed by atoms with Gasteiger partial charge in [0.05, 0.1) is 0 Å². The second-order valence-corrected chi connectivity index (χ2v) is 12.8. The van der Waals surface area contributed by atoms with Crippen LogP contribution in [0.15, 0.2) is 72.8 Å². The first-order valence-electron chi connectivity index (χ1n) is 13.8. The molecule has 0 fully saturated rings. The molecular weight excluding hydrogens is 687 g/mol. The van der Waals surface area contributed by atoms with Gasteiger partial charge in [-0.1, -0.05) is 85.6 Å². The van der Waals surface area contributed by atoms with Gasteiger partial charge in [-0.15, -0.1) is 35.4 Å². The number of aryl methyl sites for hydroxylation is 1. The van der Waals surface area contributed by atoms with Crippen molar-refractivity contribution >= 4 is 38.5 Å². The van der Waals surface area contributed by atoms with Crippen LogP contribution < -0.4 is 0 Å². The number of fused-ring (bicyclic) bond motifs is 4. The molecule has 5 aromatic rings. The predicted molar refractivity (Wildman–Crippen MR) is 167 cm³/mol. The SMILES string of the molecule is CC(C)(C)C(=O)/C=C(\O)C(C)(C)C.CC(C)c1c[c-]c(-c2ncnc3c2c2cc4ccccc4cc2n3C)cc1.[Ir]. The van der Waals surface area contributed by atoms with Crippen LogP contribution in [0, 0.1) is 16.9 Å². The van der Waals surface area contributed by atoms with Gasteiger partial charge >= 0.3 is 0 Å². The molecule has 2 heterocycles. The van der Waals surface area contributed by atoms with Crippen molar-refractivity contribution in [1.29, 1.82) is 0 Å². The molecule has 2 aromatic heterocycles. The van der Waals surface area contributed by atoms with Gasteiger partial charge in [0.1, 0.15) is 17.7 Å². The summed E-state index contributed by atoms with van der Waals surface area (Å²) in [5.74, 6) is 0.594. The molecular formula is C35H40IrN3O2-. The maximum absolute atomic E-state index is 11.5. The summed E-state index contributed by atoms with van der Waals surface area (Å²) in [5.41, 5.74) is 4.59. The van der Waals surface area contributed by atoms with E-state index in [2.05, 4.69) is 96.1 Å². The van der Waals surface area contributed by atoms with Gasteiger partial charge in [-0.25, -0.2) is 4.98 Å². The first kappa shape index (κ1) is 32.2. The van der Waals surface area contributed by atoms with Gasteiger partial charge in [-0.05, 0) is 22.9 Å². The summed E-state index contributed by atoms with van der Waals surface area (Å²) in [7, 11) is 2.07. The van der Waals surface area contributed by atoms with E-state index in [0.29, 0.717) is 5.92 Å². The van der Waals surface area contributed by atoms with Crippen molar-refractivity contribution in [3.63, 3.8) is 0 Å². The summed E-state index contributed by atoms with van der Waals surface area (Å²) >= 11 is 0. The topological polar surface area (TPSA) is 68.0 Å².